The van der Waals surface area contributed by atoms with Crippen LogP contribution in [0.25, 0.3) is 10.6 Å². The summed E-state index contributed by atoms with van der Waals surface area (Å²) in [6.07, 6.45) is 0.796. The number of hydrogen-bond acceptors (Lipinski definition) is 5. The van der Waals surface area contributed by atoms with E-state index >= 15 is 0 Å². The Hall–Kier alpha value is -2.71. The van der Waals surface area contributed by atoms with Gasteiger partial charge in [-0.15, -0.1) is 23.1 Å². The maximum Gasteiger partial charge on any atom is 0.243 e. The van der Waals surface area contributed by atoms with Crippen LogP contribution in [0.15, 0.2) is 60.0 Å². The normalized spacial score (nSPS) is 15.8. The zero-order valence-electron chi connectivity index (χ0n) is 16.8. The lowest BCUT2D eigenvalue weighted by Crippen LogP contribution is -2.48. The monoisotopic (exact) mass is 455 g/mol. The molecule has 1 fully saturated rings. The molecular formula is C23H22FN3O2S2. The van der Waals surface area contributed by atoms with Crippen molar-refractivity contribution < 1.29 is 14.0 Å². The predicted octanol–water partition coefficient (Wildman–Crippen LogP) is 3.75. The molecule has 5 nitrogen and oxygen atoms in total. The highest BCUT2D eigenvalue weighted by molar-refractivity contribution is 7.99. The number of thiazole rings is 1. The summed E-state index contributed by atoms with van der Waals surface area (Å²) in [5.41, 5.74) is 2.76. The molecule has 1 saturated heterocycles. The lowest BCUT2D eigenvalue weighted by molar-refractivity contribution is -0.137. The number of amides is 2. The van der Waals surface area contributed by atoms with Crippen molar-refractivity contribution in [3.05, 3.63) is 77.1 Å². The summed E-state index contributed by atoms with van der Waals surface area (Å²) in [7, 11) is 0. The summed E-state index contributed by atoms with van der Waals surface area (Å²) < 4.78 is 13.1. The number of rotatable bonds is 7. The highest BCUT2D eigenvalue weighted by Gasteiger charge is 2.34. The zero-order valence-corrected chi connectivity index (χ0v) is 18.4. The van der Waals surface area contributed by atoms with Crippen LogP contribution in [0.2, 0.25) is 0 Å². The van der Waals surface area contributed by atoms with Gasteiger partial charge in [-0.2, -0.15) is 0 Å². The lowest BCUT2D eigenvalue weighted by atomic mass is 10.1. The molecule has 2 heterocycles. The molecule has 1 aromatic heterocycles. The third-order valence-corrected chi connectivity index (χ3v) is 6.98. The van der Waals surface area contributed by atoms with Crippen LogP contribution < -0.4 is 5.32 Å². The van der Waals surface area contributed by atoms with Crippen molar-refractivity contribution in [3.63, 3.8) is 0 Å². The van der Waals surface area contributed by atoms with Crippen LogP contribution in [-0.2, 0) is 22.4 Å². The van der Waals surface area contributed by atoms with Crippen molar-refractivity contribution in [1.82, 2.24) is 15.2 Å². The van der Waals surface area contributed by atoms with Crippen LogP contribution in [0, 0.1) is 5.82 Å². The second-order valence-corrected chi connectivity index (χ2v) is 9.09. The van der Waals surface area contributed by atoms with Crippen molar-refractivity contribution in [2.75, 3.05) is 18.2 Å². The number of benzene rings is 2. The predicted molar refractivity (Wildman–Crippen MR) is 122 cm³/mol. The molecule has 1 aliphatic heterocycles. The fourth-order valence-electron chi connectivity index (χ4n) is 3.35. The molecule has 3 aromatic rings. The van der Waals surface area contributed by atoms with E-state index in [1.807, 2.05) is 35.7 Å². The molecule has 2 aromatic carbocycles. The number of carbonyl (C=O) groups is 2. The van der Waals surface area contributed by atoms with Crippen LogP contribution in [0.3, 0.4) is 0 Å². The molecule has 31 heavy (non-hydrogen) atoms. The van der Waals surface area contributed by atoms with Gasteiger partial charge in [0, 0.05) is 29.7 Å². The maximum atomic E-state index is 13.1. The van der Waals surface area contributed by atoms with Gasteiger partial charge in [0.05, 0.1) is 18.0 Å². The molecule has 1 N–H and O–H groups in total. The molecule has 0 aliphatic carbocycles. The number of hydrogen-bond donors (Lipinski definition) is 1. The van der Waals surface area contributed by atoms with E-state index in [1.54, 1.807) is 40.1 Å². The van der Waals surface area contributed by atoms with Gasteiger partial charge in [-0.3, -0.25) is 9.59 Å². The van der Waals surface area contributed by atoms with Crippen LogP contribution in [0.5, 0.6) is 0 Å². The van der Waals surface area contributed by atoms with Crippen molar-refractivity contribution in [2.45, 2.75) is 18.9 Å². The third-order valence-electron chi connectivity index (χ3n) is 5.03. The van der Waals surface area contributed by atoms with Crippen molar-refractivity contribution in [2.24, 2.45) is 0 Å². The van der Waals surface area contributed by atoms with Gasteiger partial charge < -0.3 is 10.2 Å². The summed E-state index contributed by atoms with van der Waals surface area (Å²) in [5.74, 6) is 0.474. The van der Waals surface area contributed by atoms with E-state index in [9.17, 15) is 14.0 Å². The summed E-state index contributed by atoms with van der Waals surface area (Å²) in [6.45, 7) is 0.470. The summed E-state index contributed by atoms with van der Waals surface area (Å²) in [5, 5.41) is 5.92. The average molecular weight is 456 g/mol. The Balaban J connectivity index is 1.28. The zero-order chi connectivity index (χ0) is 21.6. The van der Waals surface area contributed by atoms with E-state index in [0.717, 1.165) is 21.8 Å². The summed E-state index contributed by atoms with van der Waals surface area (Å²) >= 11 is 3.15. The van der Waals surface area contributed by atoms with Crippen molar-refractivity contribution in [3.8, 4) is 10.6 Å². The number of halogens is 1. The first-order chi connectivity index (χ1) is 15.1. The SMILES string of the molecule is O=C(NCCc1csc(-c2ccccc2)n1)C1CSCN1C(=O)Cc1ccc(F)cc1. The van der Waals surface area contributed by atoms with Crippen LogP contribution in [0.4, 0.5) is 4.39 Å². The number of carbonyl (C=O) groups excluding carboxylic acids is 2. The Bertz CT molecular complexity index is 1040. The highest BCUT2D eigenvalue weighted by atomic mass is 32.2. The molecule has 0 spiro atoms. The molecular weight excluding hydrogens is 433 g/mol. The lowest BCUT2D eigenvalue weighted by Gasteiger charge is -2.23. The molecule has 160 valence electrons. The van der Waals surface area contributed by atoms with Crippen molar-refractivity contribution in [1.29, 1.82) is 0 Å². The third kappa shape index (κ3) is 5.51. The molecule has 8 heteroatoms. The Morgan fingerprint density at radius 1 is 1.13 bits per heavy atom. The van der Waals surface area contributed by atoms with Gasteiger partial charge in [0.1, 0.15) is 16.9 Å². The summed E-state index contributed by atoms with van der Waals surface area (Å²) in [6, 6.07) is 15.4. The standard InChI is InChI=1S/C23H22FN3O2S2/c24-18-8-6-16(7-9-18)12-21(28)27-15-30-14-20(27)22(29)25-11-10-19-13-31-23(26-19)17-4-2-1-3-5-17/h1-9,13,20H,10-12,14-15H2,(H,25,29). The number of nitrogens with one attached hydrogen (secondary N) is 1. The van der Waals surface area contributed by atoms with E-state index < -0.39 is 6.04 Å². The minimum Gasteiger partial charge on any atom is -0.354 e. The van der Waals surface area contributed by atoms with Gasteiger partial charge >= 0.3 is 0 Å². The molecule has 0 radical (unpaired) electrons. The first-order valence-corrected chi connectivity index (χ1v) is 12.0. The topological polar surface area (TPSA) is 62.3 Å². The molecule has 1 unspecified atom stereocenters. The Morgan fingerprint density at radius 2 is 1.90 bits per heavy atom. The van der Waals surface area contributed by atoms with Crippen LogP contribution in [0.1, 0.15) is 11.3 Å². The molecule has 0 saturated carbocycles. The fourth-order valence-corrected chi connectivity index (χ4v) is 5.39. The Morgan fingerprint density at radius 3 is 2.68 bits per heavy atom. The Kier molecular flexibility index (Phi) is 6.99. The molecule has 0 bridgehead atoms. The molecule has 1 atom stereocenters. The number of thioether (sulfide) groups is 1. The van der Waals surface area contributed by atoms with E-state index in [2.05, 4.69) is 10.3 Å². The van der Waals surface area contributed by atoms with Gasteiger partial charge in [0.2, 0.25) is 11.8 Å². The Labute approximate surface area is 188 Å². The molecule has 2 amide bonds. The van der Waals surface area contributed by atoms with Gasteiger partial charge in [-0.05, 0) is 17.7 Å². The number of nitrogens with zero attached hydrogens (tertiary/aromatic N) is 2. The molecule has 1 aliphatic rings. The first-order valence-electron chi connectivity index (χ1n) is 9.99. The van der Waals surface area contributed by atoms with E-state index in [0.29, 0.717) is 24.6 Å². The van der Waals surface area contributed by atoms with Crippen LogP contribution >= 0.6 is 23.1 Å². The largest absolute Gasteiger partial charge is 0.354 e. The van der Waals surface area contributed by atoms with Gasteiger partial charge in [-0.25, -0.2) is 9.37 Å². The fraction of sp³-hybridized carbons (Fsp3) is 0.261. The van der Waals surface area contributed by atoms with Gasteiger partial charge in [-0.1, -0.05) is 42.5 Å². The second kappa shape index (κ2) is 10.1. The van der Waals surface area contributed by atoms with Gasteiger partial charge in [0.25, 0.3) is 0 Å². The van der Waals surface area contributed by atoms with E-state index in [1.165, 1.54) is 12.1 Å². The minimum atomic E-state index is -0.478. The minimum absolute atomic E-state index is 0.122. The smallest absolute Gasteiger partial charge is 0.243 e. The molecule has 4 rings (SSSR count). The van der Waals surface area contributed by atoms with E-state index in [4.69, 9.17) is 0 Å². The number of aromatic nitrogens is 1. The highest BCUT2D eigenvalue weighted by Crippen LogP contribution is 2.24. The first kappa shape index (κ1) is 21.5. The van der Waals surface area contributed by atoms with Gasteiger partial charge in [0.15, 0.2) is 0 Å². The van der Waals surface area contributed by atoms with Crippen LogP contribution in [-0.4, -0.2) is 45.9 Å². The average Bonchev–Trinajstić information content (AvgIpc) is 3.46. The van der Waals surface area contributed by atoms with E-state index in [-0.39, 0.29) is 24.1 Å². The summed E-state index contributed by atoms with van der Waals surface area (Å²) in [4.78, 5) is 31.6. The maximum absolute atomic E-state index is 13.1. The second-order valence-electron chi connectivity index (χ2n) is 7.23. The van der Waals surface area contributed by atoms with Crippen molar-refractivity contribution >= 4 is 34.9 Å². The quantitative estimate of drug-likeness (QED) is 0.589.